The molecule has 3 atom stereocenters. The lowest BCUT2D eigenvalue weighted by Crippen LogP contribution is -2.47. The van der Waals surface area contributed by atoms with Crippen LogP contribution in [0.25, 0.3) is 11.3 Å². The molecule has 1 saturated carbocycles. The lowest BCUT2D eigenvalue weighted by atomic mass is 10.1. The molecule has 0 radical (unpaired) electrons. The Kier molecular flexibility index (Phi) is 4.43. The van der Waals surface area contributed by atoms with Crippen molar-refractivity contribution < 1.29 is 9.53 Å². The maximum atomic E-state index is 12.5. The summed E-state index contributed by atoms with van der Waals surface area (Å²) in [5.74, 6) is 0. The number of ether oxygens (including phenoxy) is 1. The minimum absolute atomic E-state index is 0.0239. The minimum Gasteiger partial charge on any atom is -0.374 e. The highest BCUT2D eigenvalue weighted by atomic mass is 35.5. The summed E-state index contributed by atoms with van der Waals surface area (Å²) in [5.41, 5.74) is 1.99. The van der Waals surface area contributed by atoms with E-state index in [1.807, 2.05) is 36.1 Å². The number of rotatable bonds is 3. The standard InChI is InChI=1S/C18H20ClN3O2S/c1-10(20-18(23)22-7-8-24-15-9-14(15)22)17-21-16(11(2)25-17)12-3-5-13(19)6-4-12/h3-6,10,14-15H,7-9H2,1-2H3,(H,20,23). The van der Waals surface area contributed by atoms with Gasteiger partial charge in [-0.2, -0.15) is 0 Å². The van der Waals surface area contributed by atoms with E-state index in [1.54, 1.807) is 11.3 Å². The molecule has 2 fully saturated rings. The quantitative estimate of drug-likeness (QED) is 0.879. The first-order valence-electron chi connectivity index (χ1n) is 8.45. The molecule has 7 heteroatoms. The van der Waals surface area contributed by atoms with Crippen LogP contribution in [-0.2, 0) is 4.74 Å². The lowest BCUT2D eigenvalue weighted by Gasteiger charge is -2.28. The van der Waals surface area contributed by atoms with Gasteiger partial charge in [-0.05, 0) is 32.4 Å². The van der Waals surface area contributed by atoms with Gasteiger partial charge in [0.25, 0.3) is 0 Å². The number of carbonyl (C=O) groups excluding carboxylic acids is 1. The van der Waals surface area contributed by atoms with E-state index >= 15 is 0 Å². The van der Waals surface area contributed by atoms with Crippen LogP contribution in [0.15, 0.2) is 24.3 Å². The Bertz CT molecular complexity index is 792. The molecule has 0 bridgehead atoms. The predicted octanol–water partition coefficient (Wildman–Crippen LogP) is 4.02. The maximum absolute atomic E-state index is 12.5. The molecule has 1 aliphatic carbocycles. The first-order valence-corrected chi connectivity index (χ1v) is 9.64. The van der Waals surface area contributed by atoms with E-state index in [9.17, 15) is 4.79 Å². The number of amides is 2. The van der Waals surface area contributed by atoms with Gasteiger partial charge in [0.2, 0.25) is 0 Å². The predicted molar refractivity (Wildman–Crippen MR) is 99.1 cm³/mol. The smallest absolute Gasteiger partial charge is 0.318 e. The summed E-state index contributed by atoms with van der Waals surface area (Å²) in [6.45, 7) is 5.32. The molecule has 1 aromatic carbocycles. The van der Waals surface area contributed by atoms with Crippen molar-refractivity contribution >= 4 is 29.0 Å². The fourth-order valence-electron chi connectivity index (χ4n) is 3.19. The Morgan fingerprint density at radius 3 is 2.96 bits per heavy atom. The van der Waals surface area contributed by atoms with Gasteiger partial charge in [0, 0.05) is 22.0 Å². The summed E-state index contributed by atoms with van der Waals surface area (Å²) >= 11 is 7.58. The summed E-state index contributed by atoms with van der Waals surface area (Å²) < 4.78 is 5.56. The molecule has 2 aromatic rings. The number of hydrogen-bond donors (Lipinski definition) is 1. The van der Waals surface area contributed by atoms with Crippen LogP contribution in [0.5, 0.6) is 0 Å². The van der Waals surface area contributed by atoms with Gasteiger partial charge in [-0.25, -0.2) is 9.78 Å². The number of aryl methyl sites for hydroxylation is 1. The molecule has 5 nitrogen and oxygen atoms in total. The summed E-state index contributed by atoms with van der Waals surface area (Å²) in [4.78, 5) is 20.3. The van der Waals surface area contributed by atoms with Crippen LogP contribution in [-0.4, -0.2) is 41.2 Å². The lowest BCUT2D eigenvalue weighted by molar-refractivity contribution is 0.0450. The monoisotopic (exact) mass is 377 g/mol. The Morgan fingerprint density at radius 1 is 1.44 bits per heavy atom. The third-order valence-corrected chi connectivity index (χ3v) is 6.07. The summed E-state index contributed by atoms with van der Waals surface area (Å²) in [5, 5.41) is 4.71. The average Bonchev–Trinajstić information content (AvgIpc) is 3.29. The summed E-state index contributed by atoms with van der Waals surface area (Å²) in [6, 6.07) is 7.78. The maximum Gasteiger partial charge on any atom is 0.318 e. The number of hydrogen-bond acceptors (Lipinski definition) is 4. The number of urea groups is 1. The number of thiazole rings is 1. The van der Waals surface area contributed by atoms with E-state index in [2.05, 4.69) is 12.2 Å². The van der Waals surface area contributed by atoms with E-state index in [0.29, 0.717) is 18.2 Å². The van der Waals surface area contributed by atoms with Crippen molar-refractivity contribution in [3.63, 3.8) is 0 Å². The van der Waals surface area contributed by atoms with E-state index in [0.717, 1.165) is 27.6 Å². The Hall–Kier alpha value is -1.63. The van der Waals surface area contributed by atoms with Crippen molar-refractivity contribution in [1.82, 2.24) is 15.2 Å². The zero-order chi connectivity index (χ0) is 17.6. The zero-order valence-electron chi connectivity index (χ0n) is 14.2. The van der Waals surface area contributed by atoms with Crippen molar-refractivity contribution in [2.45, 2.75) is 38.5 Å². The largest absolute Gasteiger partial charge is 0.374 e. The van der Waals surface area contributed by atoms with E-state index in [1.165, 1.54) is 0 Å². The molecule has 1 N–H and O–H groups in total. The number of halogens is 1. The number of carbonyl (C=O) groups is 1. The molecule has 2 heterocycles. The van der Waals surface area contributed by atoms with Gasteiger partial charge in [-0.3, -0.25) is 0 Å². The van der Waals surface area contributed by atoms with Gasteiger partial charge in [0.05, 0.1) is 30.5 Å². The van der Waals surface area contributed by atoms with Crippen molar-refractivity contribution in [2.24, 2.45) is 0 Å². The van der Waals surface area contributed by atoms with Gasteiger partial charge in [0.15, 0.2) is 0 Å². The van der Waals surface area contributed by atoms with Gasteiger partial charge >= 0.3 is 6.03 Å². The molecular formula is C18H20ClN3O2S. The first kappa shape index (κ1) is 16.8. The Labute approximate surface area is 156 Å². The molecule has 2 aliphatic rings. The van der Waals surface area contributed by atoms with Crippen LogP contribution in [0, 0.1) is 6.92 Å². The second-order valence-corrected chi connectivity index (χ2v) is 8.21. The summed E-state index contributed by atoms with van der Waals surface area (Å²) in [7, 11) is 0. The van der Waals surface area contributed by atoms with Crippen molar-refractivity contribution in [3.8, 4) is 11.3 Å². The molecule has 132 valence electrons. The Morgan fingerprint density at radius 2 is 2.20 bits per heavy atom. The molecule has 4 rings (SSSR count). The fraction of sp³-hybridized carbons (Fsp3) is 0.444. The number of morpholine rings is 1. The SMILES string of the molecule is Cc1sc(C(C)NC(=O)N2CCOC3CC32)nc1-c1ccc(Cl)cc1. The molecule has 1 saturated heterocycles. The molecule has 25 heavy (non-hydrogen) atoms. The molecular weight excluding hydrogens is 358 g/mol. The van der Waals surface area contributed by atoms with Crippen LogP contribution >= 0.6 is 22.9 Å². The van der Waals surface area contributed by atoms with E-state index in [-0.39, 0.29) is 24.2 Å². The molecule has 0 spiro atoms. The third kappa shape index (κ3) is 3.38. The first-order chi connectivity index (χ1) is 12.0. The van der Waals surface area contributed by atoms with Crippen molar-refractivity contribution in [3.05, 3.63) is 39.2 Å². The average molecular weight is 378 g/mol. The minimum atomic E-state index is -0.128. The van der Waals surface area contributed by atoms with E-state index < -0.39 is 0 Å². The van der Waals surface area contributed by atoms with Gasteiger partial charge in [0.1, 0.15) is 5.01 Å². The highest BCUT2D eigenvalue weighted by Crippen LogP contribution is 2.35. The van der Waals surface area contributed by atoms with Crippen LogP contribution in [0.2, 0.25) is 5.02 Å². The van der Waals surface area contributed by atoms with Crippen LogP contribution in [0.4, 0.5) is 4.79 Å². The Balaban J connectivity index is 1.47. The number of nitrogens with one attached hydrogen (secondary N) is 1. The molecule has 1 aromatic heterocycles. The molecule has 2 amide bonds. The normalized spacial score (nSPS) is 23.1. The zero-order valence-corrected chi connectivity index (χ0v) is 15.7. The van der Waals surface area contributed by atoms with E-state index in [4.69, 9.17) is 21.3 Å². The van der Waals surface area contributed by atoms with Gasteiger partial charge in [-0.15, -0.1) is 11.3 Å². The van der Waals surface area contributed by atoms with Crippen molar-refractivity contribution in [1.29, 1.82) is 0 Å². The number of nitrogens with zero attached hydrogens (tertiary/aromatic N) is 2. The fourth-order valence-corrected chi connectivity index (χ4v) is 4.27. The van der Waals surface area contributed by atoms with Gasteiger partial charge < -0.3 is 15.0 Å². The number of fused-ring (bicyclic) bond motifs is 1. The topological polar surface area (TPSA) is 54.5 Å². The molecule has 3 unspecified atom stereocenters. The summed E-state index contributed by atoms with van der Waals surface area (Å²) in [6.07, 6.45) is 1.20. The molecule has 1 aliphatic heterocycles. The van der Waals surface area contributed by atoms with Crippen LogP contribution < -0.4 is 5.32 Å². The van der Waals surface area contributed by atoms with Crippen LogP contribution in [0.3, 0.4) is 0 Å². The second kappa shape index (κ2) is 6.59. The van der Waals surface area contributed by atoms with Gasteiger partial charge in [-0.1, -0.05) is 23.7 Å². The second-order valence-electron chi connectivity index (χ2n) is 6.54. The number of benzene rings is 1. The number of aromatic nitrogens is 1. The highest BCUT2D eigenvalue weighted by molar-refractivity contribution is 7.12. The van der Waals surface area contributed by atoms with Crippen molar-refractivity contribution in [2.75, 3.05) is 13.2 Å². The van der Waals surface area contributed by atoms with Crippen LogP contribution in [0.1, 0.15) is 29.3 Å². The third-order valence-electron chi connectivity index (χ3n) is 4.67. The highest BCUT2D eigenvalue weighted by Gasteiger charge is 2.47.